The van der Waals surface area contributed by atoms with Crippen molar-refractivity contribution in [3.63, 3.8) is 0 Å². The number of hydrogen-bond acceptors (Lipinski definition) is 3. The van der Waals surface area contributed by atoms with Crippen molar-refractivity contribution in [3.8, 4) is 0 Å². The second-order valence-electron chi connectivity index (χ2n) is 6.37. The summed E-state index contributed by atoms with van der Waals surface area (Å²) in [5, 5.41) is 2.86. The van der Waals surface area contributed by atoms with Gasteiger partial charge in [-0.1, -0.05) is 33.1 Å². The van der Waals surface area contributed by atoms with Crippen molar-refractivity contribution in [2.45, 2.75) is 52.5 Å². The van der Waals surface area contributed by atoms with E-state index in [-0.39, 0.29) is 11.6 Å². The summed E-state index contributed by atoms with van der Waals surface area (Å²) >= 11 is 0. The van der Waals surface area contributed by atoms with E-state index in [1.54, 1.807) is 0 Å². The van der Waals surface area contributed by atoms with Gasteiger partial charge in [-0.05, 0) is 43.5 Å². The van der Waals surface area contributed by atoms with E-state index in [1.807, 2.05) is 0 Å². The monoisotopic (exact) mass is 372 g/mol. The predicted octanol–water partition coefficient (Wildman–Crippen LogP) is 3.31. The van der Waals surface area contributed by atoms with Crippen molar-refractivity contribution in [2.24, 2.45) is 5.92 Å². The Morgan fingerprint density at radius 1 is 1.24 bits per heavy atom. The average Bonchev–Trinajstić information content (AvgIpc) is 2.55. The smallest absolute Gasteiger partial charge is 0.243 e. The van der Waals surface area contributed by atoms with Crippen LogP contribution in [0.5, 0.6) is 0 Å². The number of halogens is 1. The van der Waals surface area contributed by atoms with Crippen LogP contribution >= 0.6 is 0 Å². The van der Waals surface area contributed by atoms with Crippen LogP contribution in [0.3, 0.4) is 0 Å². The lowest BCUT2D eigenvalue weighted by atomic mass is 9.99. The number of anilines is 1. The second-order valence-corrected chi connectivity index (χ2v) is 8.23. The summed E-state index contributed by atoms with van der Waals surface area (Å²) in [4.78, 5) is 12.5. The Balaban J connectivity index is 2.85. The van der Waals surface area contributed by atoms with Crippen molar-refractivity contribution >= 4 is 21.6 Å². The minimum atomic E-state index is -3.68. The number of amides is 1. The third-order valence-electron chi connectivity index (χ3n) is 4.28. The van der Waals surface area contributed by atoms with Crippen molar-refractivity contribution in [1.82, 2.24) is 5.32 Å². The Labute approximate surface area is 150 Å². The molecule has 1 N–H and O–H groups in total. The molecule has 1 aromatic carbocycles. The maximum atomic E-state index is 13.1. The summed E-state index contributed by atoms with van der Waals surface area (Å²) in [6, 6.07) is 4.16. The van der Waals surface area contributed by atoms with Gasteiger partial charge in [-0.15, -0.1) is 0 Å². The van der Waals surface area contributed by atoms with Gasteiger partial charge >= 0.3 is 0 Å². The van der Waals surface area contributed by atoms with Gasteiger partial charge in [0.2, 0.25) is 15.9 Å². The van der Waals surface area contributed by atoms with Crippen LogP contribution in [0.25, 0.3) is 0 Å². The van der Waals surface area contributed by atoms with E-state index in [9.17, 15) is 17.6 Å². The molecular weight excluding hydrogens is 343 g/mol. The Morgan fingerprint density at radius 2 is 1.84 bits per heavy atom. The average molecular weight is 373 g/mol. The molecule has 0 spiro atoms. The van der Waals surface area contributed by atoms with Gasteiger partial charge in [-0.3, -0.25) is 9.10 Å². The third-order valence-corrected chi connectivity index (χ3v) is 5.52. The van der Waals surface area contributed by atoms with E-state index in [1.165, 1.54) is 31.2 Å². The Hall–Kier alpha value is -1.63. The first kappa shape index (κ1) is 21.4. The van der Waals surface area contributed by atoms with Gasteiger partial charge in [0, 0.05) is 6.54 Å². The van der Waals surface area contributed by atoms with E-state index in [2.05, 4.69) is 19.2 Å². The Kier molecular flexibility index (Phi) is 8.35. The maximum Gasteiger partial charge on any atom is 0.243 e. The van der Waals surface area contributed by atoms with Gasteiger partial charge < -0.3 is 5.32 Å². The fraction of sp³-hybridized carbons (Fsp3) is 0.611. The lowest BCUT2D eigenvalue weighted by Crippen LogP contribution is -2.48. The quantitative estimate of drug-likeness (QED) is 0.685. The Bertz CT molecular complexity index is 647. The number of sulfonamides is 1. The highest BCUT2D eigenvalue weighted by Gasteiger charge is 2.29. The molecule has 0 saturated heterocycles. The summed E-state index contributed by atoms with van der Waals surface area (Å²) in [7, 11) is -3.68. The molecular formula is C18H29FN2O3S. The molecule has 2 atom stereocenters. The number of rotatable bonds is 10. The molecule has 0 radical (unpaired) electrons. The molecule has 1 aromatic rings. The molecule has 0 aliphatic heterocycles. The van der Waals surface area contributed by atoms with E-state index in [4.69, 9.17) is 0 Å². The number of unbranched alkanes of at least 4 members (excludes halogenated alkanes) is 1. The van der Waals surface area contributed by atoms with Crippen LogP contribution < -0.4 is 9.62 Å². The molecule has 0 aromatic heterocycles. The topological polar surface area (TPSA) is 66.5 Å². The number of hydrogen-bond donors (Lipinski definition) is 1. The number of benzene rings is 1. The summed E-state index contributed by atoms with van der Waals surface area (Å²) < 4.78 is 38.4. The zero-order valence-corrected chi connectivity index (χ0v) is 16.3. The van der Waals surface area contributed by atoms with Gasteiger partial charge in [0.25, 0.3) is 0 Å². The van der Waals surface area contributed by atoms with Crippen LogP contribution in [0.15, 0.2) is 24.3 Å². The van der Waals surface area contributed by atoms with Crippen LogP contribution in [-0.4, -0.2) is 33.2 Å². The highest BCUT2D eigenvalue weighted by atomic mass is 32.2. The van der Waals surface area contributed by atoms with Crippen molar-refractivity contribution in [1.29, 1.82) is 0 Å². The first-order chi connectivity index (χ1) is 11.7. The van der Waals surface area contributed by atoms with E-state index in [0.29, 0.717) is 12.5 Å². The fourth-order valence-electron chi connectivity index (χ4n) is 2.73. The highest BCUT2D eigenvalue weighted by Crippen LogP contribution is 2.21. The van der Waals surface area contributed by atoms with Crippen molar-refractivity contribution in [3.05, 3.63) is 30.1 Å². The zero-order chi connectivity index (χ0) is 19.0. The first-order valence-electron chi connectivity index (χ1n) is 8.73. The summed E-state index contributed by atoms with van der Waals surface area (Å²) in [5.41, 5.74) is 0.268. The molecule has 0 fully saturated rings. The minimum absolute atomic E-state index is 0.268. The van der Waals surface area contributed by atoms with E-state index < -0.39 is 21.9 Å². The van der Waals surface area contributed by atoms with Crippen molar-refractivity contribution < 1.29 is 17.6 Å². The lowest BCUT2D eigenvalue weighted by molar-refractivity contribution is -0.122. The van der Waals surface area contributed by atoms with E-state index >= 15 is 0 Å². The van der Waals surface area contributed by atoms with Gasteiger partial charge in [0.05, 0.1) is 11.9 Å². The first-order valence-corrected chi connectivity index (χ1v) is 10.6. The molecule has 1 rings (SSSR count). The molecule has 0 aliphatic carbocycles. The highest BCUT2D eigenvalue weighted by molar-refractivity contribution is 7.92. The molecule has 0 heterocycles. The molecule has 7 heteroatoms. The number of carbonyl (C=O) groups excluding carboxylic acids is 1. The van der Waals surface area contributed by atoms with Crippen LogP contribution in [0.2, 0.25) is 0 Å². The van der Waals surface area contributed by atoms with Crippen LogP contribution in [0.1, 0.15) is 46.5 Å². The molecule has 142 valence electrons. The zero-order valence-electron chi connectivity index (χ0n) is 15.5. The summed E-state index contributed by atoms with van der Waals surface area (Å²) in [5.74, 6) is -0.436. The minimum Gasteiger partial charge on any atom is -0.354 e. The lowest BCUT2D eigenvalue weighted by Gasteiger charge is -2.28. The summed E-state index contributed by atoms with van der Waals surface area (Å²) in [6.07, 6.45) is 5.25. The number of carbonyl (C=O) groups is 1. The van der Waals surface area contributed by atoms with Crippen LogP contribution in [0, 0.1) is 11.7 Å². The standard InChI is InChI=1S/C18H29FN2O3S/c1-5-7-8-15(6-2)13-20-18(22)14(3)21(25(4,23)24)17-11-9-16(19)10-12-17/h9-12,14-15H,5-8,13H2,1-4H3,(H,20,22)/t14-,15+/m1/s1. The molecule has 25 heavy (non-hydrogen) atoms. The molecule has 0 aliphatic rings. The largest absolute Gasteiger partial charge is 0.354 e. The maximum absolute atomic E-state index is 13.1. The molecule has 0 bridgehead atoms. The fourth-order valence-corrected chi connectivity index (χ4v) is 3.91. The van der Waals surface area contributed by atoms with Gasteiger partial charge in [0.1, 0.15) is 11.9 Å². The molecule has 5 nitrogen and oxygen atoms in total. The van der Waals surface area contributed by atoms with Crippen LogP contribution in [-0.2, 0) is 14.8 Å². The molecule has 0 unspecified atom stereocenters. The second kappa shape index (κ2) is 9.75. The Morgan fingerprint density at radius 3 is 2.32 bits per heavy atom. The van der Waals surface area contributed by atoms with Gasteiger partial charge in [-0.2, -0.15) is 0 Å². The predicted molar refractivity (Wildman–Crippen MR) is 99.5 cm³/mol. The summed E-state index contributed by atoms with van der Waals surface area (Å²) in [6.45, 7) is 6.27. The van der Waals surface area contributed by atoms with Crippen LogP contribution in [0.4, 0.5) is 10.1 Å². The number of nitrogens with one attached hydrogen (secondary N) is 1. The normalized spacial score (nSPS) is 14.0. The van der Waals surface area contributed by atoms with Gasteiger partial charge in [-0.25, -0.2) is 12.8 Å². The third kappa shape index (κ3) is 6.65. The van der Waals surface area contributed by atoms with Gasteiger partial charge in [0.15, 0.2) is 0 Å². The molecule has 0 saturated carbocycles. The van der Waals surface area contributed by atoms with E-state index in [0.717, 1.165) is 36.2 Å². The van der Waals surface area contributed by atoms with Crippen molar-refractivity contribution in [2.75, 3.05) is 17.1 Å². The number of nitrogens with zero attached hydrogens (tertiary/aromatic N) is 1. The molecule has 1 amide bonds. The SMILES string of the molecule is CCCC[C@H](CC)CNC(=O)[C@@H](C)N(c1ccc(F)cc1)S(C)(=O)=O.